The number of ether oxygens (including phenoxy) is 1. The summed E-state index contributed by atoms with van der Waals surface area (Å²) in [6.45, 7) is 1.56. The average molecular weight is 139 g/mol. The Bertz CT molecular complexity index is 192. The molecule has 0 bridgehead atoms. The topological polar surface area (TPSA) is 47.3 Å². The summed E-state index contributed by atoms with van der Waals surface area (Å²) in [5.74, 6) is 0. The van der Waals surface area contributed by atoms with E-state index in [0.717, 1.165) is 12.2 Å². The number of nitrogens with one attached hydrogen (secondary N) is 1. The summed E-state index contributed by atoms with van der Waals surface area (Å²) in [5.41, 5.74) is 0.734. The highest BCUT2D eigenvalue weighted by Crippen LogP contribution is 2.13. The summed E-state index contributed by atoms with van der Waals surface area (Å²) in [6.07, 6.45) is 2.24. The lowest BCUT2D eigenvalue weighted by atomic mass is 10.4. The molecule has 1 aromatic heterocycles. The number of rotatable bonds is 1. The summed E-state index contributed by atoms with van der Waals surface area (Å²) in [5, 5.41) is 6.73. The van der Waals surface area contributed by atoms with E-state index in [9.17, 15) is 0 Å². The van der Waals surface area contributed by atoms with Crippen LogP contribution in [0.2, 0.25) is 0 Å². The lowest BCUT2D eigenvalue weighted by Gasteiger charge is -2.00. The molecule has 0 atom stereocenters. The van der Waals surface area contributed by atoms with Crippen molar-refractivity contribution in [2.24, 2.45) is 0 Å². The van der Waals surface area contributed by atoms with Gasteiger partial charge in [0.05, 0.1) is 6.61 Å². The zero-order valence-corrected chi connectivity index (χ0v) is 5.33. The van der Waals surface area contributed by atoms with Crippen LogP contribution >= 0.6 is 0 Å². The molecule has 4 nitrogen and oxygen atoms in total. The highest BCUT2D eigenvalue weighted by Gasteiger charge is 2.20. The first-order chi connectivity index (χ1) is 4.97. The van der Waals surface area contributed by atoms with Crippen LogP contribution in [-0.4, -0.2) is 18.3 Å². The number of nitrogens with zero attached hydrogens (tertiary/aromatic N) is 1. The molecule has 2 rings (SSSR count). The van der Waals surface area contributed by atoms with Crippen LogP contribution in [0.1, 0.15) is 5.69 Å². The SMILES string of the molecule is c1cc([C]2NCCO2)no1. The van der Waals surface area contributed by atoms with Gasteiger partial charge in [0.1, 0.15) is 12.0 Å². The maximum Gasteiger partial charge on any atom is 0.215 e. The second-order valence-corrected chi connectivity index (χ2v) is 1.99. The predicted octanol–water partition coefficient (Wildman–Crippen LogP) is 0.132. The van der Waals surface area contributed by atoms with E-state index >= 15 is 0 Å². The molecule has 0 amide bonds. The lowest BCUT2D eigenvalue weighted by molar-refractivity contribution is 0.207. The molecule has 1 aromatic rings. The number of aromatic nitrogens is 1. The zero-order chi connectivity index (χ0) is 6.81. The first kappa shape index (κ1) is 5.88. The van der Waals surface area contributed by atoms with Crippen molar-refractivity contribution in [2.75, 3.05) is 13.2 Å². The van der Waals surface area contributed by atoms with Gasteiger partial charge in [-0.1, -0.05) is 5.16 Å². The fourth-order valence-corrected chi connectivity index (χ4v) is 0.863. The third-order valence-corrected chi connectivity index (χ3v) is 1.30. The lowest BCUT2D eigenvalue weighted by Crippen LogP contribution is -2.14. The van der Waals surface area contributed by atoms with E-state index in [-0.39, 0.29) is 0 Å². The average Bonchev–Trinajstić information content (AvgIpc) is 2.59. The van der Waals surface area contributed by atoms with Crippen molar-refractivity contribution >= 4 is 0 Å². The van der Waals surface area contributed by atoms with Gasteiger partial charge in [-0.2, -0.15) is 0 Å². The van der Waals surface area contributed by atoms with E-state index in [1.807, 2.05) is 0 Å². The van der Waals surface area contributed by atoms with Crippen LogP contribution in [0.3, 0.4) is 0 Å². The molecule has 1 fully saturated rings. The van der Waals surface area contributed by atoms with Crippen LogP contribution in [0.4, 0.5) is 0 Å². The minimum Gasteiger partial charge on any atom is -0.364 e. The van der Waals surface area contributed by atoms with Gasteiger partial charge in [0, 0.05) is 12.6 Å². The highest BCUT2D eigenvalue weighted by atomic mass is 16.5. The van der Waals surface area contributed by atoms with Gasteiger partial charge in [-0.05, 0) is 0 Å². The molecule has 0 aliphatic carbocycles. The quantitative estimate of drug-likeness (QED) is 0.600. The molecular formula is C6H7N2O2. The van der Waals surface area contributed by atoms with Crippen LogP contribution < -0.4 is 5.32 Å². The van der Waals surface area contributed by atoms with E-state index in [2.05, 4.69) is 15.0 Å². The number of hydrogen-bond acceptors (Lipinski definition) is 4. The normalized spacial score (nSPS) is 20.0. The van der Waals surface area contributed by atoms with E-state index in [4.69, 9.17) is 4.74 Å². The minimum atomic E-state index is 0.711. The van der Waals surface area contributed by atoms with Crippen molar-refractivity contribution in [3.63, 3.8) is 0 Å². The smallest absolute Gasteiger partial charge is 0.215 e. The van der Waals surface area contributed by atoms with Crippen LogP contribution in [-0.2, 0) is 4.74 Å². The molecular weight excluding hydrogens is 132 g/mol. The molecule has 1 aliphatic heterocycles. The zero-order valence-electron chi connectivity index (χ0n) is 5.33. The van der Waals surface area contributed by atoms with Gasteiger partial charge in [-0.3, -0.25) is 5.32 Å². The Morgan fingerprint density at radius 3 is 3.20 bits per heavy atom. The standard InChI is InChI=1S/C6H7N2O2/c1-3-10-8-5(1)6-7-2-4-9-6/h1,3,7H,2,4H2. The monoisotopic (exact) mass is 139 g/mol. The van der Waals surface area contributed by atoms with Gasteiger partial charge in [0.25, 0.3) is 0 Å². The fraction of sp³-hybridized carbons (Fsp3) is 0.333. The van der Waals surface area contributed by atoms with Gasteiger partial charge in [-0.25, -0.2) is 0 Å². The van der Waals surface area contributed by atoms with Crippen molar-refractivity contribution in [3.8, 4) is 0 Å². The second kappa shape index (κ2) is 2.40. The summed E-state index contributed by atoms with van der Waals surface area (Å²) in [6, 6.07) is 1.76. The van der Waals surface area contributed by atoms with Gasteiger partial charge in [0.2, 0.25) is 6.23 Å². The van der Waals surface area contributed by atoms with Gasteiger partial charge >= 0.3 is 0 Å². The Kier molecular flexibility index (Phi) is 1.41. The third kappa shape index (κ3) is 0.913. The van der Waals surface area contributed by atoms with Crippen LogP contribution in [0.25, 0.3) is 0 Å². The molecule has 10 heavy (non-hydrogen) atoms. The minimum absolute atomic E-state index is 0.711. The maximum absolute atomic E-state index is 5.18. The predicted molar refractivity (Wildman–Crippen MR) is 32.8 cm³/mol. The Labute approximate surface area is 58.1 Å². The second-order valence-electron chi connectivity index (χ2n) is 1.99. The van der Waals surface area contributed by atoms with Gasteiger partial charge < -0.3 is 9.26 Å². The molecule has 4 heteroatoms. The summed E-state index contributed by atoms with van der Waals surface area (Å²) in [4.78, 5) is 0. The summed E-state index contributed by atoms with van der Waals surface area (Å²) < 4.78 is 9.82. The van der Waals surface area contributed by atoms with E-state index in [1.54, 1.807) is 6.07 Å². The molecule has 0 aromatic carbocycles. The first-order valence-electron chi connectivity index (χ1n) is 3.11. The Hall–Kier alpha value is -0.870. The highest BCUT2D eigenvalue weighted by molar-refractivity contribution is 5.14. The summed E-state index contributed by atoms with van der Waals surface area (Å²) in [7, 11) is 0. The molecule has 2 heterocycles. The molecule has 0 saturated carbocycles. The van der Waals surface area contributed by atoms with Crippen molar-refractivity contribution in [1.82, 2.24) is 10.5 Å². The molecule has 1 aliphatic rings. The number of hydrogen-bond donors (Lipinski definition) is 1. The van der Waals surface area contributed by atoms with Crippen LogP contribution in [0.5, 0.6) is 0 Å². The van der Waals surface area contributed by atoms with Gasteiger partial charge in [0.15, 0.2) is 0 Å². The molecule has 53 valence electrons. The van der Waals surface area contributed by atoms with Crippen molar-refractivity contribution < 1.29 is 9.26 Å². The van der Waals surface area contributed by atoms with E-state index < -0.39 is 0 Å². The van der Waals surface area contributed by atoms with Crippen molar-refractivity contribution in [3.05, 3.63) is 24.3 Å². The Balaban J connectivity index is 2.12. The van der Waals surface area contributed by atoms with Crippen molar-refractivity contribution in [2.45, 2.75) is 0 Å². The van der Waals surface area contributed by atoms with E-state index in [1.165, 1.54) is 6.26 Å². The molecule has 0 unspecified atom stereocenters. The van der Waals surface area contributed by atoms with Gasteiger partial charge in [-0.15, -0.1) is 0 Å². The molecule has 1 radical (unpaired) electrons. The van der Waals surface area contributed by atoms with Crippen LogP contribution in [0.15, 0.2) is 16.9 Å². The van der Waals surface area contributed by atoms with E-state index in [0.29, 0.717) is 12.8 Å². The Morgan fingerprint density at radius 2 is 2.60 bits per heavy atom. The third-order valence-electron chi connectivity index (χ3n) is 1.30. The summed E-state index contributed by atoms with van der Waals surface area (Å²) >= 11 is 0. The fourth-order valence-electron chi connectivity index (χ4n) is 0.863. The maximum atomic E-state index is 5.18. The van der Waals surface area contributed by atoms with Crippen LogP contribution in [0, 0.1) is 6.23 Å². The Morgan fingerprint density at radius 1 is 1.60 bits per heavy atom. The molecule has 0 spiro atoms. The first-order valence-corrected chi connectivity index (χ1v) is 3.11. The largest absolute Gasteiger partial charge is 0.364 e. The molecule has 1 saturated heterocycles. The van der Waals surface area contributed by atoms with Crippen molar-refractivity contribution in [1.29, 1.82) is 0 Å². The molecule has 1 N–H and O–H groups in total.